The summed E-state index contributed by atoms with van der Waals surface area (Å²) < 4.78 is 10.8. The third-order valence-electron chi connectivity index (χ3n) is 4.84. The molecule has 1 aliphatic heterocycles. The molecule has 0 amide bonds. The van der Waals surface area contributed by atoms with Crippen LogP contribution in [0.15, 0.2) is 42.5 Å². The third-order valence-corrected chi connectivity index (χ3v) is 5.21. The molecule has 1 fully saturated rings. The molecule has 3 rings (SSSR count). The molecule has 0 radical (unpaired) electrons. The summed E-state index contributed by atoms with van der Waals surface area (Å²) in [5, 5.41) is 40.2. The molecule has 1 saturated heterocycles. The second-order valence-corrected chi connectivity index (χ2v) is 7.03. The number of ether oxygens (including phenoxy) is 2. The van der Waals surface area contributed by atoms with Crippen LogP contribution in [0.3, 0.4) is 0 Å². The molecule has 7 heteroatoms. The number of methoxy groups -OCH3 is 1. The second-order valence-electron chi connectivity index (χ2n) is 6.63. The zero-order valence-electron chi connectivity index (χ0n) is 14.8. The van der Waals surface area contributed by atoms with Gasteiger partial charge in [0.25, 0.3) is 0 Å². The van der Waals surface area contributed by atoms with E-state index in [4.69, 9.17) is 21.1 Å². The summed E-state index contributed by atoms with van der Waals surface area (Å²) in [5.74, 6) is 0.764. The van der Waals surface area contributed by atoms with Gasteiger partial charge in [-0.25, -0.2) is 0 Å². The highest BCUT2D eigenvalue weighted by atomic mass is 35.5. The average Bonchev–Trinajstić information content (AvgIpc) is 2.69. The number of hydrogen-bond donors (Lipinski definition) is 4. The SMILES string of the molecule is COc1ccc(Cc2cc(C3OC(CO)[C@@H](O)C(O)[C@H]3O)ccc2Cl)cc1. The van der Waals surface area contributed by atoms with E-state index in [0.29, 0.717) is 17.0 Å². The normalized spacial score (nSPS) is 28.1. The molecule has 27 heavy (non-hydrogen) atoms. The molecule has 1 heterocycles. The Kier molecular flexibility index (Phi) is 6.37. The quantitative estimate of drug-likeness (QED) is 0.612. The van der Waals surface area contributed by atoms with E-state index in [-0.39, 0.29) is 0 Å². The number of aliphatic hydroxyl groups is 4. The number of rotatable bonds is 5. The lowest BCUT2D eigenvalue weighted by Gasteiger charge is -2.40. The van der Waals surface area contributed by atoms with E-state index in [9.17, 15) is 20.4 Å². The van der Waals surface area contributed by atoms with Crippen LogP contribution >= 0.6 is 11.6 Å². The monoisotopic (exact) mass is 394 g/mol. The molecule has 0 aliphatic carbocycles. The molecule has 2 aromatic rings. The highest BCUT2D eigenvalue weighted by Gasteiger charge is 2.43. The zero-order valence-corrected chi connectivity index (χ0v) is 15.6. The lowest BCUT2D eigenvalue weighted by atomic mass is 9.90. The summed E-state index contributed by atoms with van der Waals surface area (Å²) in [4.78, 5) is 0. The van der Waals surface area contributed by atoms with Crippen molar-refractivity contribution in [1.82, 2.24) is 0 Å². The summed E-state index contributed by atoms with van der Waals surface area (Å²) in [7, 11) is 1.61. The van der Waals surface area contributed by atoms with Crippen molar-refractivity contribution in [3.8, 4) is 5.75 Å². The van der Waals surface area contributed by atoms with Crippen molar-refractivity contribution in [2.24, 2.45) is 0 Å². The molecule has 3 unspecified atom stereocenters. The molecule has 1 aliphatic rings. The molecule has 0 saturated carbocycles. The van der Waals surface area contributed by atoms with Gasteiger partial charge in [-0.3, -0.25) is 0 Å². The largest absolute Gasteiger partial charge is 0.497 e. The van der Waals surface area contributed by atoms with Crippen LogP contribution in [0.5, 0.6) is 5.75 Å². The Bertz CT molecular complexity index is 764. The fourth-order valence-electron chi connectivity index (χ4n) is 3.25. The van der Waals surface area contributed by atoms with E-state index in [1.807, 2.05) is 24.3 Å². The molecule has 5 atom stereocenters. The van der Waals surface area contributed by atoms with Crippen LogP contribution in [-0.4, -0.2) is 58.6 Å². The first-order chi connectivity index (χ1) is 12.9. The van der Waals surface area contributed by atoms with E-state index in [1.54, 1.807) is 25.3 Å². The van der Waals surface area contributed by atoms with E-state index in [1.165, 1.54) is 0 Å². The van der Waals surface area contributed by atoms with Crippen LogP contribution < -0.4 is 4.74 Å². The van der Waals surface area contributed by atoms with Crippen molar-refractivity contribution >= 4 is 11.6 Å². The highest BCUT2D eigenvalue weighted by molar-refractivity contribution is 6.31. The summed E-state index contributed by atoms with van der Waals surface area (Å²) >= 11 is 6.33. The molecule has 0 spiro atoms. The second kappa shape index (κ2) is 8.56. The van der Waals surface area contributed by atoms with E-state index in [0.717, 1.165) is 16.9 Å². The van der Waals surface area contributed by atoms with Crippen molar-refractivity contribution in [3.63, 3.8) is 0 Å². The number of aliphatic hydroxyl groups excluding tert-OH is 4. The lowest BCUT2D eigenvalue weighted by Crippen LogP contribution is -2.55. The minimum atomic E-state index is -1.42. The molecule has 0 aromatic heterocycles. The Morgan fingerprint density at radius 3 is 2.33 bits per heavy atom. The number of benzene rings is 2. The Balaban J connectivity index is 1.85. The minimum Gasteiger partial charge on any atom is -0.497 e. The Hall–Kier alpha value is -1.67. The van der Waals surface area contributed by atoms with Gasteiger partial charge in [0.2, 0.25) is 0 Å². The van der Waals surface area contributed by atoms with Gasteiger partial charge in [0.1, 0.15) is 36.3 Å². The lowest BCUT2D eigenvalue weighted by molar-refractivity contribution is -0.231. The molecular weight excluding hydrogens is 372 g/mol. The van der Waals surface area contributed by atoms with Crippen molar-refractivity contribution in [2.45, 2.75) is 36.9 Å². The van der Waals surface area contributed by atoms with Crippen LogP contribution in [0.2, 0.25) is 5.02 Å². The van der Waals surface area contributed by atoms with Crippen molar-refractivity contribution < 1.29 is 29.9 Å². The maximum Gasteiger partial charge on any atom is 0.118 e. The van der Waals surface area contributed by atoms with Gasteiger partial charge in [-0.15, -0.1) is 0 Å². The van der Waals surface area contributed by atoms with Crippen molar-refractivity contribution in [1.29, 1.82) is 0 Å². The van der Waals surface area contributed by atoms with Gasteiger partial charge in [0.15, 0.2) is 0 Å². The van der Waals surface area contributed by atoms with E-state index < -0.39 is 37.1 Å². The van der Waals surface area contributed by atoms with Gasteiger partial charge >= 0.3 is 0 Å². The van der Waals surface area contributed by atoms with E-state index in [2.05, 4.69) is 0 Å². The Morgan fingerprint density at radius 2 is 1.70 bits per heavy atom. The summed E-state index contributed by atoms with van der Waals surface area (Å²) in [6.45, 7) is -0.465. The van der Waals surface area contributed by atoms with Crippen LogP contribution in [0.1, 0.15) is 22.8 Å². The number of hydrogen-bond acceptors (Lipinski definition) is 6. The topological polar surface area (TPSA) is 99.4 Å². The first-order valence-electron chi connectivity index (χ1n) is 8.66. The third kappa shape index (κ3) is 4.27. The summed E-state index contributed by atoms with van der Waals surface area (Å²) in [5.41, 5.74) is 2.47. The van der Waals surface area contributed by atoms with Crippen molar-refractivity contribution in [2.75, 3.05) is 13.7 Å². The van der Waals surface area contributed by atoms with Gasteiger partial charge in [0, 0.05) is 5.02 Å². The summed E-state index contributed by atoms with van der Waals surface area (Å²) in [6, 6.07) is 12.8. The maximum atomic E-state index is 10.3. The van der Waals surface area contributed by atoms with Gasteiger partial charge in [-0.2, -0.15) is 0 Å². The molecule has 2 aromatic carbocycles. The highest BCUT2D eigenvalue weighted by Crippen LogP contribution is 2.34. The van der Waals surface area contributed by atoms with Crippen LogP contribution in [0.4, 0.5) is 0 Å². The molecule has 4 N–H and O–H groups in total. The first kappa shape index (κ1) is 20.1. The van der Waals surface area contributed by atoms with Gasteiger partial charge in [-0.1, -0.05) is 35.9 Å². The predicted molar refractivity (Wildman–Crippen MR) is 100.0 cm³/mol. The molecular formula is C20H23ClO6. The van der Waals surface area contributed by atoms with Gasteiger partial charge < -0.3 is 29.9 Å². The molecule has 6 nitrogen and oxygen atoms in total. The van der Waals surface area contributed by atoms with Crippen molar-refractivity contribution in [3.05, 3.63) is 64.2 Å². The van der Waals surface area contributed by atoms with Crippen LogP contribution in [0.25, 0.3) is 0 Å². The Labute approximate surface area is 162 Å². The fraction of sp³-hybridized carbons (Fsp3) is 0.400. The zero-order chi connectivity index (χ0) is 19.6. The average molecular weight is 395 g/mol. The smallest absolute Gasteiger partial charge is 0.118 e. The standard InChI is InChI=1S/C20H23ClO6/c1-26-14-5-2-11(3-6-14)8-13-9-12(4-7-15(13)21)20-19(25)18(24)17(23)16(10-22)27-20/h2-7,9,16-20,22-25H,8,10H2,1H3/t16?,17-,18?,19-,20?/m1/s1. The molecule has 146 valence electrons. The number of halogens is 1. The van der Waals surface area contributed by atoms with Gasteiger partial charge in [-0.05, 0) is 41.3 Å². The predicted octanol–water partition coefficient (Wildman–Crippen LogP) is 1.45. The Morgan fingerprint density at radius 1 is 1.00 bits per heavy atom. The maximum absolute atomic E-state index is 10.3. The minimum absolute atomic E-state index is 0.465. The van der Waals surface area contributed by atoms with Crippen LogP contribution in [0, 0.1) is 0 Å². The first-order valence-corrected chi connectivity index (χ1v) is 9.04. The van der Waals surface area contributed by atoms with Gasteiger partial charge in [0.05, 0.1) is 13.7 Å². The molecule has 0 bridgehead atoms. The van der Waals surface area contributed by atoms with E-state index >= 15 is 0 Å². The van der Waals surface area contributed by atoms with Crippen LogP contribution in [-0.2, 0) is 11.2 Å². The summed E-state index contributed by atoms with van der Waals surface area (Å²) in [6.07, 6.45) is -5.39. The fourth-order valence-corrected chi connectivity index (χ4v) is 3.43.